The molecule has 4 nitrogen and oxygen atoms in total. The van der Waals surface area contributed by atoms with Crippen molar-refractivity contribution in [2.24, 2.45) is 0 Å². The molecule has 6 heteroatoms. The van der Waals surface area contributed by atoms with Crippen molar-refractivity contribution in [1.82, 2.24) is 0 Å². The van der Waals surface area contributed by atoms with Gasteiger partial charge >= 0.3 is 0 Å². The number of hydrogen-bond acceptors (Lipinski definition) is 5. The average Bonchev–Trinajstić information content (AvgIpc) is 2.92. The molecule has 0 aliphatic carbocycles. The predicted molar refractivity (Wildman–Crippen MR) is 120 cm³/mol. The van der Waals surface area contributed by atoms with Gasteiger partial charge in [-0.25, -0.2) is 0 Å². The van der Waals surface area contributed by atoms with Crippen molar-refractivity contribution in [3.63, 3.8) is 0 Å². The number of methoxy groups -OCH3 is 1. The van der Waals surface area contributed by atoms with Crippen LogP contribution in [0.15, 0.2) is 41.3 Å². The first-order valence-electron chi connectivity index (χ1n) is 9.00. The molecule has 1 saturated heterocycles. The minimum atomic E-state index is -0.111. The maximum Gasteiger partial charge on any atom is 0.270 e. The highest BCUT2D eigenvalue weighted by molar-refractivity contribution is 8.27. The second kappa shape index (κ2) is 8.37. The summed E-state index contributed by atoms with van der Waals surface area (Å²) in [6.07, 6.45) is 1.89. The van der Waals surface area contributed by atoms with Gasteiger partial charge in [-0.3, -0.25) is 9.69 Å². The quantitative estimate of drug-likeness (QED) is 0.478. The molecule has 1 heterocycles. The van der Waals surface area contributed by atoms with E-state index in [2.05, 4.69) is 0 Å². The first-order chi connectivity index (χ1) is 13.3. The monoisotopic (exact) mass is 413 g/mol. The normalized spacial score (nSPS) is 15.6. The average molecular weight is 414 g/mol. The Balaban J connectivity index is 1.90. The van der Waals surface area contributed by atoms with Crippen LogP contribution in [0.4, 0.5) is 5.69 Å². The summed E-state index contributed by atoms with van der Waals surface area (Å²) in [7, 11) is 1.60. The highest BCUT2D eigenvalue weighted by atomic mass is 32.2. The van der Waals surface area contributed by atoms with Crippen molar-refractivity contribution in [2.45, 2.75) is 33.8 Å². The maximum atomic E-state index is 13.0. The van der Waals surface area contributed by atoms with Gasteiger partial charge in [0.15, 0.2) is 15.8 Å². The Kier molecular flexibility index (Phi) is 6.10. The smallest absolute Gasteiger partial charge is 0.270 e. The molecule has 2 aromatic rings. The van der Waals surface area contributed by atoms with Crippen LogP contribution in [0.25, 0.3) is 6.08 Å². The molecule has 3 rings (SSSR count). The Morgan fingerprint density at radius 2 is 1.82 bits per heavy atom. The van der Waals surface area contributed by atoms with Gasteiger partial charge in [-0.1, -0.05) is 36.1 Å². The number of aryl methyl sites for hydroxylation is 2. The first-order valence-corrected chi connectivity index (χ1v) is 10.2. The summed E-state index contributed by atoms with van der Waals surface area (Å²) < 4.78 is 11.7. The third-order valence-electron chi connectivity index (χ3n) is 4.39. The van der Waals surface area contributed by atoms with E-state index in [-0.39, 0.29) is 12.0 Å². The number of rotatable bonds is 5. The number of anilines is 1. The summed E-state index contributed by atoms with van der Waals surface area (Å²) in [6.45, 7) is 8.00. The third-order valence-corrected chi connectivity index (χ3v) is 5.69. The van der Waals surface area contributed by atoms with Crippen molar-refractivity contribution in [3.05, 3.63) is 58.0 Å². The lowest BCUT2D eigenvalue weighted by Crippen LogP contribution is -2.27. The zero-order valence-electron chi connectivity index (χ0n) is 16.6. The largest absolute Gasteiger partial charge is 0.493 e. The summed E-state index contributed by atoms with van der Waals surface area (Å²) in [5, 5.41) is 0. The fraction of sp³-hybridized carbons (Fsp3) is 0.273. The van der Waals surface area contributed by atoms with Crippen LogP contribution in [0.5, 0.6) is 11.5 Å². The molecule has 1 amide bonds. The minimum absolute atomic E-state index is 0.0500. The molecule has 0 N–H and O–H groups in total. The lowest BCUT2D eigenvalue weighted by atomic mass is 10.1. The molecule has 1 fully saturated rings. The van der Waals surface area contributed by atoms with Gasteiger partial charge < -0.3 is 9.47 Å². The minimum Gasteiger partial charge on any atom is -0.493 e. The van der Waals surface area contributed by atoms with Gasteiger partial charge in [0.05, 0.1) is 23.8 Å². The summed E-state index contributed by atoms with van der Waals surface area (Å²) in [5.74, 6) is 1.20. The molecule has 1 aliphatic heterocycles. The van der Waals surface area contributed by atoms with E-state index >= 15 is 0 Å². The van der Waals surface area contributed by atoms with E-state index in [0.717, 1.165) is 16.8 Å². The summed E-state index contributed by atoms with van der Waals surface area (Å²) in [5.41, 5.74) is 3.96. The number of carbonyl (C=O) groups excluding carboxylic acids is 1. The molecule has 0 aromatic heterocycles. The standard InChI is InChI=1S/C22H23NO3S2/c1-13(2)26-18-9-7-16(11-19(18)25-5)12-20-21(24)23(22(27)28-20)17-8-6-14(3)15(4)10-17/h6-13H,1-5H3/b20-12+. The summed E-state index contributed by atoms with van der Waals surface area (Å²) in [6, 6.07) is 11.5. The number of ether oxygens (including phenoxy) is 2. The molecule has 0 bridgehead atoms. The van der Waals surface area contributed by atoms with Gasteiger partial charge in [0, 0.05) is 0 Å². The highest BCUT2D eigenvalue weighted by Crippen LogP contribution is 2.37. The van der Waals surface area contributed by atoms with Gasteiger partial charge in [0.25, 0.3) is 5.91 Å². The fourth-order valence-corrected chi connectivity index (χ4v) is 4.13. The maximum absolute atomic E-state index is 13.0. The molecule has 28 heavy (non-hydrogen) atoms. The van der Waals surface area contributed by atoms with E-state index in [1.54, 1.807) is 12.0 Å². The van der Waals surface area contributed by atoms with Crippen LogP contribution in [0.1, 0.15) is 30.5 Å². The van der Waals surface area contributed by atoms with Crippen LogP contribution in [-0.2, 0) is 4.79 Å². The Morgan fingerprint density at radius 3 is 2.46 bits per heavy atom. The molecule has 2 aromatic carbocycles. The zero-order chi connectivity index (χ0) is 20.4. The van der Waals surface area contributed by atoms with Crippen LogP contribution < -0.4 is 14.4 Å². The van der Waals surface area contributed by atoms with Crippen molar-refractivity contribution in [3.8, 4) is 11.5 Å². The van der Waals surface area contributed by atoms with E-state index in [1.165, 1.54) is 17.3 Å². The molecule has 146 valence electrons. The molecule has 0 saturated carbocycles. The number of nitrogens with zero attached hydrogens (tertiary/aromatic N) is 1. The van der Waals surface area contributed by atoms with E-state index < -0.39 is 0 Å². The Hall–Kier alpha value is -2.31. The van der Waals surface area contributed by atoms with E-state index in [1.807, 2.05) is 70.2 Å². The Bertz CT molecular complexity index is 966. The van der Waals surface area contributed by atoms with Gasteiger partial charge in [0.2, 0.25) is 0 Å². The number of hydrogen-bond donors (Lipinski definition) is 0. The number of benzene rings is 2. The zero-order valence-corrected chi connectivity index (χ0v) is 18.2. The van der Waals surface area contributed by atoms with Crippen molar-refractivity contribution in [1.29, 1.82) is 0 Å². The molecular weight excluding hydrogens is 390 g/mol. The molecular formula is C22H23NO3S2. The first kappa shape index (κ1) is 20.4. The Labute approximate surface area is 175 Å². The second-order valence-corrected chi connectivity index (χ2v) is 8.54. The topological polar surface area (TPSA) is 38.8 Å². The number of amides is 1. The van der Waals surface area contributed by atoms with Crippen molar-refractivity contribution < 1.29 is 14.3 Å². The van der Waals surface area contributed by atoms with Crippen LogP contribution >= 0.6 is 24.0 Å². The molecule has 0 unspecified atom stereocenters. The fourth-order valence-electron chi connectivity index (χ4n) is 2.83. The van der Waals surface area contributed by atoms with Crippen LogP contribution in [-0.4, -0.2) is 23.4 Å². The third kappa shape index (κ3) is 4.23. The number of thioether (sulfide) groups is 1. The van der Waals surface area contributed by atoms with E-state index in [0.29, 0.717) is 20.7 Å². The second-order valence-electron chi connectivity index (χ2n) is 6.86. The number of carbonyl (C=O) groups is 1. The van der Waals surface area contributed by atoms with Gasteiger partial charge in [0.1, 0.15) is 0 Å². The van der Waals surface area contributed by atoms with Gasteiger partial charge in [-0.2, -0.15) is 0 Å². The Morgan fingerprint density at radius 1 is 1.07 bits per heavy atom. The lowest BCUT2D eigenvalue weighted by Gasteiger charge is -2.16. The summed E-state index contributed by atoms with van der Waals surface area (Å²) in [4.78, 5) is 15.2. The predicted octanol–water partition coefficient (Wildman–Crippen LogP) is 5.51. The summed E-state index contributed by atoms with van der Waals surface area (Å²) >= 11 is 6.78. The molecule has 0 spiro atoms. The van der Waals surface area contributed by atoms with E-state index in [4.69, 9.17) is 21.7 Å². The van der Waals surface area contributed by atoms with Crippen molar-refractivity contribution >= 4 is 46.0 Å². The van der Waals surface area contributed by atoms with Crippen LogP contribution in [0, 0.1) is 13.8 Å². The van der Waals surface area contributed by atoms with Gasteiger partial charge in [-0.15, -0.1) is 0 Å². The van der Waals surface area contributed by atoms with Crippen molar-refractivity contribution in [2.75, 3.05) is 12.0 Å². The van der Waals surface area contributed by atoms with Gasteiger partial charge in [-0.05, 0) is 74.7 Å². The number of thiocarbonyl (C=S) groups is 1. The van der Waals surface area contributed by atoms with E-state index in [9.17, 15) is 4.79 Å². The lowest BCUT2D eigenvalue weighted by molar-refractivity contribution is -0.113. The SMILES string of the molecule is COc1cc(/C=C2/SC(=S)N(c3ccc(C)c(C)c3)C2=O)ccc1OC(C)C. The highest BCUT2D eigenvalue weighted by Gasteiger charge is 2.33. The molecule has 0 atom stereocenters. The molecule has 1 aliphatic rings. The molecule has 0 radical (unpaired) electrons. The van der Waals surface area contributed by atoms with Crippen LogP contribution in [0.3, 0.4) is 0 Å². The van der Waals surface area contributed by atoms with Crippen LogP contribution in [0.2, 0.25) is 0 Å².